The molecule has 0 amide bonds. The van der Waals surface area contributed by atoms with Crippen molar-refractivity contribution < 1.29 is 19.1 Å². The van der Waals surface area contributed by atoms with E-state index in [1.165, 1.54) is 0 Å². The van der Waals surface area contributed by atoms with Crippen LogP contribution in [0.3, 0.4) is 0 Å². The Balaban J connectivity index is 2.89. The zero-order valence-corrected chi connectivity index (χ0v) is 13.0. The summed E-state index contributed by atoms with van der Waals surface area (Å²) < 4.78 is 10.1. The Morgan fingerprint density at radius 2 is 1.81 bits per heavy atom. The number of rotatable bonds is 8. The van der Waals surface area contributed by atoms with Crippen molar-refractivity contribution in [3.63, 3.8) is 0 Å². The maximum Gasteiger partial charge on any atom is 0.329 e. The molecular formula is C16H23NO4. The number of ether oxygens (including phenoxy) is 2. The molecule has 0 aliphatic heterocycles. The predicted octanol–water partition coefficient (Wildman–Crippen LogP) is 2.65. The lowest BCUT2D eigenvalue weighted by molar-refractivity contribution is -0.147. The molecule has 0 heterocycles. The zero-order valence-electron chi connectivity index (χ0n) is 13.0. The van der Waals surface area contributed by atoms with Crippen LogP contribution in [0.25, 0.3) is 0 Å². The summed E-state index contributed by atoms with van der Waals surface area (Å²) in [5.41, 5.74) is 0.740. The van der Waals surface area contributed by atoms with Gasteiger partial charge in [-0.2, -0.15) is 0 Å². The summed E-state index contributed by atoms with van der Waals surface area (Å²) in [5, 5.41) is 3.08. The molecule has 0 unspecified atom stereocenters. The first-order valence-corrected chi connectivity index (χ1v) is 7.13. The molecule has 1 rings (SSSR count). The summed E-state index contributed by atoms with van der Waals surface area (Å²) in [6.45, 7) is 5.56. The lowest BCUT2D eigenvalue weighted by Crippen LogP contribution is -2.40. The molecule has 0 aliphatic rings. The van der Waals surface area contributed by atoms with Gasteiger partial charge >= 0.3 is 5.97 Å². The Hall–Kier alpha value is -2.04. The van der Waals surface area contributed by atoms with Gasteiger partial charge < -0.3 is 14.8 Å². The maximum absolute atomic E-state index is 12.1. The Morgan fingerprint density at radius 3 is 2.29 bits per heavy atom. The summed E-state index contributed by atoms with van der Waals surface area (Å²) in [7, 11) is 1.59. The molecule has 5 heteroatoms. The molecule has 2 atom stereocenters. The molecule has 1 aromatic carbocycles. The van der Waals surface area contributed by atoms with Crippen molar-refractivity contribution in [2.75, 3.05) is 19.0 Å². The third-order valence-electron chi connectivity index (χ3n) is 3.31. The normalized spacial score (nSPS) is 13.1. The molecule has 116 valence electrons. The average Bonchev–Trinajstić information content (AvgIpc) is 2.51. The quantitative estimate of drug-likeness (QED) is 0.746. The molecule has 0 aliphatic carbocycles. The van der Waals surface area contributed by atoms with Crippen LogP contribution < -0.4 is 10.1 Å². The highest BCUT2D eigenvalue weighted by molar-refractivity contribution is 5.90. The number of hydrogen-bond acceptors (Lipinski definition) is 5. The van der Waals surface area contributed by atoms with Crippen LogP contribution in [-0.2, 0) is 14.3 Å². The van der Waals surface area contributed by atoms with E-state index in [0.717, 1.165) is 11.4 Å². The molecule has 0 saturated heterocycles. The molecule has 0 fully saturated rings. The van der Waals surface area contributed by atoms with Gasteiger partial charge in [-0.05, 0) is 31.2 Å². The second-order valence-electron chi connectivity index (χ2n) is 4.71. The number of carbonyl (C=O) groups excluding carboxylic acids is 2. The number of anilines is 1. The number of hydrogen-bond donors (Lipinski definition) is 1. The summed E-state index contributed by atoms with van der Waals surface area (Å²) in [5.74, 6) is -0.112. The zero-order chi connectivity index (χ0) is 15.8. The van der Waals surface area contributed by atoms with Gasteiger partial charge in [-0.1, -0.05) is 13.8 Å². The lowest BCUT2D eigenvalue weighted by atomic mass is 9.95. The van der Waals surface area contributed by atoms with Gasteiger partial charge in [-0.25, -0.2) is 4.79 Å². The summed E-state index contributed by atoms with van der Waals surface area (Å²) in [4.78, 5) is 24.0. The minimum atomic E-state index is -0.689. The molecule has 5 nitrogen and oxygen atoms in total. The SMILES string of the molecule is CCOC(=O)[C@H](Nc1ccc(OC)cc1)[C@@H](C)C(=O)CC. The van der Waals surface area contributed by atoms with Crippen LogP contribution >= 0.6 is 0 Å². The van der Waals surface area contributed by atoms with Crippen molar-refractivity contribution in [3.05, 3.63) is 24.3 Å². The Morgan fingerprint density at radius 1 is 1.19 bits per heavy atom. The molecular weight excluding hydrogens is 270 g/mol. The number of esters is 1. The fraction of sp³-hybridized carbons (Fsp3) is 0.500. The molecule has 0 bridgehead atoms. The van der Waals surface area contributed by atoms with E-state index >= 15 is 0 Å². The van der Waals surface area contributed by atoms with Crippen molar-refractivity contribution in [1.82, 2.24) is 0 Å². The van der Waals surface area contributed by atoms with Gasteiger partial charge in [-0.15, -0.1) is 0 Å². The third kappa shape index (κ3) is 4.77. The van der Waals surface area contributed by atoms with Gasteiger partial charge in [0.05, 0.1) is 13.7 Å². The molecule has 1 N–H and O–H groups in total. The summed E-state index contributed by atoms with van der Waals surface area (Å²) in [6.07, 6.45) is 0.390. The van der Waals surface area contributed by atoms with Crippen molar-refractivity contribution in [3.8, 4) is 5.75 Å². The fourth-order valence-electron chi connectivity index (χ4n) is 1.99. The second kappa shape index (κ2) is 8.29. The van der Waals surface area contributed by atoms with Gasteiger partial charge in [0.15, 0.2) is 0 Å². The number of carbonyl (C=O) groups is 2. The first-order chi connectivity index (χ1) is 10.0. The van der Waals surface area contributed by atoms with Crippen molar-refractivity contribution >= 4 is 17.4 Å². The van der Waals surface area contributed by atoms with Gasteiger partial charge in [-0.3, -0.25) is 4.79 Å². The molecule has 0 saturated carbocycles. The Bertz CT molecular complexity index is 470. The van der Waals surface area contributed by atoms with E-state index in [1.54, 1.807) is 52.1 Å². The summed E-state index contributed by atoms with van der Waals surface area (Å²) >= 11 is 0. The van der Waals surface area contributed by atoms with E-state index in [1.807, 2.05) is 0 Å². The molecule has 21 heavy (non-hydrogen) atoms. The smallest absolute Gasteiger partial charge is 0.329 e. The number of ketones is 1. The van der Waals surface area contributed by atoms with Gasteiger partial charge in [0.25, 0.3) is 0 Å². The molecule has 0 spiro atoms. The number of methoxy groups -OCH3 is 1. The Labute approximate surface area is 125 Å². The van der Waals surface area contributed by atoms with Crippen LogP contribution in [0, 0.1) is 5.92 Å². The number of nitrogens with one attached hydrogen (secondary N) is 1. The van der Waals surface area contributed by atoms with Crippen LogP contribution in [0.5, 0.6) is 5.75 Å². The van der Waals surface area contributed by atoms with E-state index in [2.05, 4.69) is 5.32 Å². The minimum Gasteiger partial charge on any atom is -0.497 e. The first kappa shape index (κ1) is 17.0. The maximum atomic E-state index is 12.1. The highest BCUT2D eigenvalue weighted by Crippen LogP contribution is 2.19. The highest BCUT2D eigenvalue weighted by Gasteiger charge is 2.30. The van der Waals surface area contributed by atoms with Crippen molar-refractivity contribution in [2.24, 2.45) is 5.92 Å². The van der Waals surface area contributed by atoms with E-state index in [-0.39, 0.29) is 12.4 Å². The van der Waals surface area contributed by atoms with Gasteiger partial charge in [0.1, 0.15) is 17.6 Å². The van der Waals surface area contributed by atoms with Gasteiger partial charge in [0.2, 0.25) is 0 Å². The van der Waals surface area contributed by atoms with Crippen LogP contribution in [0.2, 0.25) is 0 Å². The average molecular weight is 293 g/mol. The van der Waals surface area contributed by atoms with Crippen LogP contribution in [0.15, 0.2) is 24.3 Å². The van der Waals surface area contributed by atoms with E-state index in [4.69, 9.17) is 9.47 Å². The van der Waals surface area contributed by atoms with E-state index in [0.29, 0.717) is 6.42 Å². The number of benzene rings is 1. The number of Topliss-reactive ketones (excluding diaryl/α,β-unsaturated/α-hetero) is 1. The largest absolute Gasteiger partial charge is 0.497 e. The van der Waals surface area contributed by atoms with Crippen LogP contribution in [-0.4, -0.2) is 31.5 Å². The highest BCUT2D eigenvalue weighted by atomic mass is 16.5. The third-order valence-corrected chi connectivity index (χ3v) is 3.31. The monoisotopic (exact) mass is 293 g/mol. The van der Waals surface area contributed by atoms with Crippen molar-refractivity contribution in [2.45, 2.75) is 33.2 Å². The van der Waals surface area contributed by atoms with Crippen LogP contribution in [0.1, 0.15) is 27.2 Å². The van der Waals surface area contributed by atoms with Gasteiger partial charge in [0, 0.05) is 18.0 Å². The van der Waals surface area contributed by atoms with E-state index < -0.39 is 17.9 Å². The fourth-order valence-corrected chi connectivity index (χ4v) is 1.99. The summed E-state index contributed by atoms with van der Waals surface area (Å²) in [6, 6.07) is 6.49. The minimum absolute atomic E-state index is 0.0223. The Kier molecular flexibility index (Phi) is 6.72. The van der Waals surface area contributed by atoms with Crippen molar-refractivity contribution in [1.29, 1.82) is 0 Å². The van der Waals surface area contributed by atoms with E-state index in [9.17, 15) is 9.59 Å². The predicted molar refractivity (Wildman–Crippen MR) is 81.5 cm³/mol. The topological polar surface area (TPSA) is 64.6 Å². The standard InChI is InChI=1S/C16H23NO4/c1-5-14(18)11(3)15(16(19)21-6-2)17-12-7-9-13(20-4)10-8-12/h7-11,15,17H,5-6H2,1-4H3/t11-,15+/m0/s1. The first-order valence-electron chi connectivity index (χ1n) is 7.13. The molecule has 0 radical (unpaired) electrons. The second-order valence-corrected chi connectivity index (χ2v) is 4.71. The molecule has 0 aromatic heterocycles. The molecule has 1 aromatic rings. The lowest BCUT2D eigenvalue weighted by Gasteiger charge is -2.23. The van der Waals surface area contributed by atoms with Crippen LogP contribution in [0.4, 0.5) is 5.69 Å².